The van der Waals surface area contributed by atoms with E-state index in [9.17, 15) is 0 Å². The van der Waals surface area contributed by atoms with Crippen molar-refractivity contribution in [3.8, 4) is 0 Å². The SMILES string of the molecule is Cl.[N-]=[N+]=NCCc1ccc(N)cc1. The standard InChI is InChI=1S/C8H10N4.ClH/c9-8-3-1-7(2-4-8)5-6-11-12-10;/h1-4H,5-6,9H2;1H. The average molecular weight is 199 g/mol. The number of halogens is 1. The van der Waals surface area contributed by atoms with E-state index in [2.05, 4.69) is 10.0 Å². The number of benzene rings is 1. The molecule has 0 heterocycles. The molecular weight excluding hydrogens is 188 g/mol. The van der Waals surface area contributed by atoms with E-state index in [0.29, 0.717) is 6.54 Å². The summed E-state index contributed by atoms with van der Waals surface area (Å²) in [7, 11) is 0. The summed E-state index contributed by atoms with van der Waals surface area (Å²) >= 11 is 0. The molecule has 0 aliphatic heterocycles. The van der Waals surface area contributed by atoms with Crippen LogP contribution in [0, 0.1) is 0 Å². The summed E-state index contributed by atoms with van der Waals surface area (Å²) in [5.41, 5.74) is 15.4. The van der Waals surface area contributed by atoms with Gasteiger partial charge in [-0.1, -0.05) is 17.2 Å². The number of nitrogens with zero attached hydrogens (tertiary/aromatic N) is 3. The maximum atomic E-state index is 8.03. The molecule has 0 aromatic heterocycles. The molecule has 0 spiro atoms. The molecule has 5 heteroatoms. The van der Waals surface area contributed by atoms with Crippen molar-refractivity contribution >= 4 is 18.1 Å². The fourth-order valence-electron chi connectivity index (χ4n) is 0.908. The topological polar surface area (TPSA) is 74.8 Å². The minimum Gasteiger partial charge on any atom is -0.399 e. The van der Waals surface area contributed by atoms with Crippen LogP contribution in [0.5, 0.6) is 0 Å². The molecule has 0 radical (unpaired) electrons. The van der Waals surface area contributed by atoms with Crippen LogP contribution in [0.1, 0.15) is 5.56 Å². The number of azide groups is 1. The van der Waals surface area contributed by atoms with Crippen LogP contribution < -0.4 is 5.73 Å². The van der Waals surface area contributed by atoms with Crippen LogP contribution in [-0.4, -0.2) is 6.54 Å². The van der Waals surface area contributed by atoms with Crippen LogP contribution in [0.25, 0.3) is 10.4 Å². The van der Waals surface area contributed by atoms with E-state index in [4.69, 9.17) is 11.3 Å². The van der Waals surface area contributed by atoms with Gasteiger partial charge in [0.15, 0.2) is 0 Å². The van der Waals surface area contributed by atoms with Gasteiger partial charge in [-0.2, -0.15) is 0 Å². The van der Waals surface area contributed by atoms with Crippen molar-refractivity contribution in [1.82, 2.24) is 0 Å². The van der Waals surface area contributed by atoms with Crippen LogP contribution in [0.3, 0.4) is 0 Å². The normalized spacial score (nSPS) is 8.31. The summed E-state index contributed by atoms with van der Waals surface area (Å²) in [6, 6.07) is 7.54. The molecule has 2 N–H and O–H groups in total. The second-order valence-corrected chi connectivity index (χ2v) is 2.45. The second-order valence-electron chi connectivity index (χ2n) is 2.45. The van der Waals surface area contributed by atoms with Gasteiger partial charge in [-0.15, -0.1) is 12.4 Å². The molecule has 4 nitrogen and oxygen atoms in total. The first-order valence-electron chi connectivity index (χ1n) is 3.68. The fraction of sp³-hybridized carbons (Fsp3) is 0.250. The Kier molecular flexibility index (Phi) is 5.52. The number of nitrogens with two attached hydrogens (primary N) is 1. The third-order valence-electron chi connectivity index (χ3n) is 1.54. The average Bonchev–Trinajstić information content (AvgIpc) is 2.09. The molecule has 0 atom stereocenters. The van der Waals surface area contributed by atoms with E-state index in [1.54, 1.807) is 0 Å². The van der Waals surface area contributed by atoms with Crippen molar-refractivity contribution in [3.05, 3.63) is 40.3 Å². The first-order valence-corrected chi connectivity index (χ1v) is 3.68. The second kappa shape index (κ2) is 6.17. The number of rotatable bonds is 3. The molecule has 70 valence electrons. The summed E-state index contributed by atoms with van der Waals surface area (Å²) < 4.78 is 0. The molecule has 1 rings (SSSR count). The van der Waals surface area contributed by atoms with Gasteiger partial charge < -0.3 is 5.73 Å². The molecule has 0 saturated carbocycles. The van der Waals surface area contributed by atoms with Crippen molar-refractivity contribution in [2.45, 2.75) is 6.42 Å². The quantitative estimate of drug-likeness (QED) is 0.345. The lowest BCUT2D eigenvalue weighted by molar-refractivity contribution is 0.956. The lowest BCUT2D eigenvalue weighted by atomic mass is 10.1. The number of nitrogen functional groups attached to an aromatic ring is 1. The van der Waals surface area contributed by atoms with Crippen LogP contribution in [0.2, 0.25) is 0 Å². The van der Waals surface area contributed by atoms with Gasteiger partial charge in [0.1, 0.15) is 0 Å². The van der Waals surface area contributed by atoms with Gasteiger partial charge >= 0.3 is 0 Å². The predicted molar refractivity (Wildman–Crippen MR) is 55.8 cm³/mol. The highest BCUT2D eigenvalue weighted by Gasteiger charge is 1.90. The Bertz CT molecular complexity index is 290. The van der Waals surface area contributed by atoms with Gasteiger partial charge in [0.25, 0.3) is 0 Å². The molecule has 1 aromatic carbocycles. The van der Waals surface area contributed by atoms with E-state index in [1.807, 2.05) is 24.3 Å². The van der Waals surface area contributed by atoms with Gasteiger partial charge in [-0.05, 0) is 29.6 Å². The van der Waals surface area contributed by atoms with E-state index < -0.39 is 0 Å². The molecule has 0 fully saturated rings. The molecule has 0 unspecified atom stereocenters. The van der Waals surface area contributed by atoms with Crippen molar-refractivity contribution in [2.24, 2.45) is 5.11 Å². The van der Waals surface area contributed by atoms with Crippen LogP contribution >= 0.6 is 12.4 Å². The minimum atomic E-state index is 0. The molecule has 0 bridgehead atoms. The fourth-order valence-corrected chi connectivity index (χ4v) is 0.908. The summed E-state index contributed by atoms with van der Waals surface area (Å²) in [4.78, 5) is 2.67. The largest absolute Gasteiger partial charge is 0.399 e. The summed E-state index contributed by atoms with van der Waals surface area (Å²) in [5, 5.41) is 3.44. The van der Waals surface area contributed by atoms with Crippen molar-refractivity contribution in [1.29, 1.82) is 0 Å². The minimum absolute atomic E-state index is 0. The number of hydrogen-bond acceptors (Lipinski definition) is 2. The Hall–Kier alpha value is -1.38. The Morgan fingerprint density at radius 1 is 1.31 bits per heavy atom. The van der Waals surface area contributed by atoms with Gasteiger partial charge in [-0.3, -0.25) is 0 Å². The lowest BCUT2D eigenvalue weighted by Crippen LogP contribution is -1.89. The molecule has 0 aliphatic rings. The zero-order valence-corrected chi connectivity index (χ0v) is 7.87. The maximum Gasteiger partial charge on any atom is 0.0314 e. The highest BCUT2D eigenvalue weighted by Crippen LogP contribution is 2.05. The van der Waals surface area contributed by atoms with Gasteiger partial charge in [0.05, 0.1) is 0 Å². The third kappa shape index (κ3) is 4.25. The summed E-state index contributed by atoms with van der Waals surface area (Å²) in [6.07, 6.45) is 0.768. The molecule has 1 aromatic rings. The lowest BCUT2D eigenvalue weighted by Gasteiger charge is -1.97. The van der Waals surface area contributed by atoms with Gasteiger partial charge in [-0.25, -0.2) is 0 Å². The molecule has 0 amide bonds. The Balaban J connectivity index is 0.00000144. The van der Waals surface area contributed by atoms with Gasteiger partial charge in [0.2, 0.25) is 0 Å². The molecule has 0 aliphatic carbocycles. The number of anilines is 1. The molecular formula is C8H11ClN4. The maximum absolute atomic E-state index is 8.03. The van der Waals surface area contributed by atoms with E-state index in [1.165, 1.54) is 0 Å². The Labute approximate surface area is 82.8 Å². The smallest absolute Gasteiger partial charge is 0.0314 e. The third-order valence-corrected chi connectivity index (χ3v) is 1.54. The Morgan fingerprint density at radius 3 is 2.46 bits per heavy atom. The van der Waals surface area contributed by atoms with Crippen molar-refractivity contribution in [2.75, 3.05) is 12.3 Å². The predicted octanol–water partition coefficient (Wildman–Crippen LogP) is 2.54. The van der Waals surface area contributed by atoms with E-state index in [0.717, 1.165) is 17.7 Å². The Morgan fingerprint density at radius 2 is 1.92 bits per heavy atom. The van der Waals surface area contributed by atoms with E-state index >= 15 is 0 Å². The summed E-state index contributed by atoms with van der Waals surface area (Å²) in [6.45, 7) is 0.500. The highest BCUT2D eigenvalue weighted by molar-refractivity contribution is 5.85. The molecule has 0 saturated heterocycles. The molecule has 13 heavy (non-hydrogen) atoms. The first-order chi connectivity index (χ1) is 5.83. The van der Waals surface area contributed by atoms with Crippen molar-refractivity contribution < 1.29 is 0 Å². The highest BCUT2D eigenvalue weighted by atomic mass is 35.5. The van der Waals surface area contributed by atoms with E-state index in [-0.39, 0.29) is 12.4 Å². The van der Waals surface area contributed by atoms with Crippen molar-refractivity contribution in [3.63, 3.8) is 0 Å². The van der Waals surface area contributed by atoms with Gasteiger partial charge in [0, 0.05) is 17.1 Å². The monoisotopic (exact) mass is 198 g/mol. The summed E-state index contributed by atoms with van der Waals surface area (Å²) in [5.74, 6) is 0. The number of hydrogen-bond donors (Lipinski definition) is 1. The van der Waals surface area contributed by atoms with Crippen LogP contribution in [-0.2, 0) is 6.42 Å². The first kappa shape index (κ1) is 11.6. The van der Waals surface area contributed by atoms with Crippen LogP contribution in [0.15, 0.2) is 29.4 Å². The van der Waals surface area contributed by atoms with Crippen LogP contribution in [0.4, 0.5) is 5.69 Å². The zero-order chi connectivity index (χ0) is 8.81. The zero-order valence-electron chi connectivity index (χ0n) is 7.05.